The molecule has 3 aliphatic carbocycles. The minimum atomic E-state index is -0.672. The van der Waals surface area contributed by atoms with Gasteiger partial charge in [0.15, 0.2) is 0 Å². The molecule has 0 radical (unpaired) electrons. The summed E-state index contributed by atoms with van der Waals surface area (Å²) in [4.78, 5) is 56.7. The number of hydrogen-bond donors (Lipinski definition) is 2. The van der Waals surface area contributed by atoms with Crippen LogP contribution in [0.25, 0.3) is 0 Å². The molecule has 36 heavy (non-hydrogen) atoms. The number of imide groups is 2. The average Bonchev–Trinajstić information content (AvgIpc) is 3.33. The lowest BCUT2D eigenvalue weighted by atomic mass is 9.54. The monoisotopic (exact) mass is 486 g/mol. The van der Waals surface area contributed by atoms with Gasteiger partial charge in [-0.3, -0.25) is 29.0 Å². The molecule has 7 rings (SSSR count). The Hall–Kier alpha value is -3.62. The van der Waals surface area contributed by atoms with Gasteiger partial charge in [0.25, 0.3) is 0 Å². The van der Waals surface area contributed by atoms with E-state index in [1.807, 2.05) is 12.2 Å². The van der Waals surface area contributed by atoms with Crippen molar-refractivity contribution < 1.29 is 29.4 Å². The number of aliphatic hydroxyl groups excluding tert-OH is 2. The average molecular weight is 487 g/mol. The molecule has 5 aliphatic rings. The second-order valence-electron chi connectivity index (χ2n) is 9.95. The molecule has 6 atom stereocenters. The van der Waals surface area contributed by atoms with Gasteiger partial charge in [0.1, 0.15) is 0 Å². The maximum absolute atomic E-state index is 13.6. The summed E-state index contributed by atoms with van der Waals surface area (Å²) in [5, 5.41) is 18.3. The summed E-state index contributed by atoms with van der Waals surface area (Å²) in [6, 6.07) is 13.9. The first-order valence-electron chi connectivity index (χ1n) is 12.3. The fraction of sp³-hybridized carbons (Fsp3) is 0.357. The number of anilines is 2. The molecule has 3 fully saturated rings. The summed E-state index contributed by atoms with van der Waals surface area (Å²) in [7, 11) is 0. The molecule has 2 aromatic carbocycles. The Balaban J connectivity index is 1.31. The van der Waals surface area contributed by atoms with Gasteiger partial charge < -0.3 is 10.2 Å². The SMILES string of the molecule is O=C1[C@@H]2C3C=CC([C@H]2C(=O)N1c1ccc(CCO)cc1)[C@@H]1C(=O)N(c2ccc(CCO)cc2)C(=O)[C@H]31. The lowest BCUT2D eigenvalue weighted by Crippen LogP contribution is -2.50. The number of carbonyl (C=O) groups excluding carboxylic acids is 4. The molecule has 2 saturated heterocycles. The third-order valence-electron chi connectivity index (χ3n) is 8.20. The largest absolute Gasteiger partial charge is 0.396 e. The molecule has 2 aliphatic heterocycles. The first-order chi connectivity index (χ1) is 17.5. The van der Waals surface area contributed by atoms with Crippen LogP contribution in [0, 0.1) is 35.5 Å². The Morgan fingerprint density at radius 3 is 1.11 bits per heavy atom. The molecule has 2 N–H and O–H groups in total. The number of aliphatic hydroxyl groups is 2. The number of allylic oxidation sites excluding steroid dienone is 2. The van der Waals surface area contributed by atoms with Gasteiger partial charge in [-0.1, -0.05) is 36.4 Å². The zero-order valence-electron chi connectivity index (χ0n) is 19.5. The number of rotatable bonds is 6. The first-order valence-corrected chi connectivity index (χ1v) is 12.3. The molecule has 8 heteroatoms. The second kappa shape index (κ2) is 8.50. The molecule has 0 aromatic heterocycles. The van der Waals surface area contributed by atoms with E-state index in [2.05, 4.69) is 0 Å². The van der Waals surface area contributed by atoms with E-state index >= 15 is 0 Å². The fourth-order valence-corrected chi connectivity index (χ4v) is 6.62. The summed E-state index contributed by atoms with van der Waals surface area (Å²) in [6.07, 6.45) is 4.67. The van der Waals surface area contributed by atoms with Crippen molar-refractivity contribution in [2.45, 2.75) is 12.8 Å². The molecule has 2 bridgehead atoms. The molecule has 8 nitrogen and oxygen atoms in total. The quantitative estimate of drug-likeness (QED) is 0.472. The van der Waals surface area contributed by atoms with Crippen LogP contribution < -0.4 is 9.80 Å². The zero-order chi connectivity index (χ0) is 25.1. The highest BCUT2D eigenvalue weighted by Crippen LogP contribution is 2.58. The number of benzene rings is 2. The van der Waals surface area contributed by atoms with Crippen LogP contribution in [0.1, 0.15) is 11.1 Å². The summed E-state index contributed by atoms with van der Waals surface area (Å²) in [5.41, 5.74) is 2.73. The standard InChI is InChI=1S/C28H26N2O6/c31-13-11-15-1-5-17(6-2-15)29-25(33)21-19-9-10-20(22(21)26(29)34)24-23(19)27(35)30(28(24)36)18-7-3-16(4-8-18)12-14-32/h1-10,19-24,31-32H,11-14H2/t19?,20?,21-,22-,23-,24+/m1/s1. The minimum Gasteiger partial charge on any atom is -0.396 e. The highest BCUT2D eigenvalue weighted by Gasteiger charge is 2.68. The van der Waals surface area contributed by atoms with Gasteiger partial charge in [-0.2, -0.15) is 0 Å². The highest BCUT2D eigenvalue weighted by atomic mass is 16.3. The van der Waals surface area contributed by atoms with E-state index in [0.717, 1.165) is 11.1 Å². The Morgan fingerprint density at radius 2 is 0.833 bits per heavy atom. The topological polar surface area (TPSA) is 115 Å². The minimum absolute atomic E-state index is 0.00869. The van der Waals surface area contributed by atoms with Crippen molar-refractivity contribution >= 4 is 35.0 Å². The molecular weight excluding hydrogens is 460 g/mol. The number of amides is 4. The first kappa shape index (κ1) is 22.8. The molecule has 0 spiro atoms. The van der Waals surface area contributed by atoms with E-state index in [1.165, 1.54) is 9.80 Å². The third-order valence-corrected chi connectivity index (χ3v) is 8.20. The molecule has 2 heterocycles. The molecular formula is C28H26N2O6. The van der Waals surface area contributed by atoms with Crippen LogP contribution in [-0.2, 0) is 32.0 Å². The van der Waals surface area contributed by atoms with E-state index in [-0.39, 0.29) is 36.8 Å². The van der Waals surface area contributed by atoms with Crippen molar-refractivity contribution in [3.8, 4) is 0 Å². The summed E-state index contributed by atoms with van der Waals surface area (Å²) in [6.45, 7) is 0.0174. The Labute approximate surface area is 207 Å². The second-order valence-corrected chi connectivity index (χ2v) is 9.95. The van der Waals surface area contributed by atoms with Crippen molar-refractivity contribution in [3.63, 3.8) is 0 Å². The van der Waals surface area contributed by atoms with Crippen LogP contribution in [0.4, 0.5) is 11.4 Å². The molecule has 4 amide bonds. The third kappa shape index (κ3) is 3.14. The lowest BCUT2D eigenvalue weighted by Gasteiger charge is -2.44. The van der Waals surface area contributed by atoms with Crippen LogP contribution >= 0.6 is 0 Å². The molecule has 184 valence electrons. The van der Waals surface area contributed by atoms with E-state index in [9.17, 15) is 19.2 Å². The van der Waals surface area contributed by atoms with Crippen LogP contribution in [-0.4, -0.2) is 47.1 Å². The predicted octanol–water partition coefficient (Wildman–Crippen LogP) is 1.48. The number of hydrogen-bond acceptors (Lipinski definition) is 6. The maximum atomic E-state index is 13.6. The van der Waals surface area contributed by atoms with E-state index in [1.54, 1.807) is 48.5 Å². The van der Waals surface area contributed by atoms with Gasteiger partial charge in [-0.15, -0.1) is 0 Å². The normalized spacial score (nSPS) is 30.4. The molecule has 1 saturated carbocycles. The van der Waals surface area contributed by atoms with Gasteiger partial charge in [0.05, 0.1) is 35.0 Å². The van der Waals surface area contributed by atoms with Crippen molar-refractivity contribution in [2.75, 3.05) is 23.0 Å². The van der Waals surface area contributed by atoms with Crippen LogP contribution in [0.3, 0.4) is 0 Å². The van der Waals surface area contributed by atoms with Crippen LogP contribution in [0.2, 0.25) is 0 Å². The summed E-state index contributed by atoms with van der Waals surface area (Å²) < 4.78 is 0. The molecule has 2 aromatic rings. The van der Waals surface area contributed by atoms with Gasteiger partial charge in [0.2, 0.25) is 23.6 Å². The summed E-state index contributed by atoms with van der Waals surface area (Å²) >= 11 is 0. The van der Waals surface area contributed by atoms with Gasteiger partial charge in [-0.05, 0) is 48.2 Å². The van der Waals surface area contributed by atoms with E-state index in [4.69, 9.17) is 10.2 Å². The molecule has 2 unspecified atom stereocenters. The van der Waals surface area contributed by atoms with E-state index in [0.29, 0.717) is 24.2 Å². The Morgan fingerprint density at radius 1 is 0.528 bits per heavy atom. The Bertz CT molecular complexity index is 1140. The van der Waals surface area contributed by atoms with Gasteiger partial charge in [0, 0.05) is 25.0 Å². The highest BCUT2D eigenvalue weighted by molar-refractivity contribution is 6.26. The van der Waals surface area contributed by atoms with Crippen molar-refractivity contribution in [1.82, 2.24) is 0 Å². The van der Waals surface area contributed by atoms with Crippen LogP contribution in [0.15, 0.2) is 60.7 Å². The smallest absolute Gasteiger partial charge is 0.238 e. The van der Waals surface area contributed by atoms with Gasteiger partial charge in [-0.25, -0.2) is 0 Å². The Kier molecular flexibility index (Phi) is 5.39. The van der Waals surface area contributed by atoms with Crippen LogP contribution in [0.5, 0.6) is 0 Å². The van der Waals surface area contributed by atoms with Crippen molar-refractivity contribution in [1.29, 1.82) is 0 Å². The van der Waals surface area contributed by atoms with Crippen molar-refractivity contribution in [2.24, 2.45) is 35.5 Å². The number of carbonyl (C=O) groups is 4. The summed E-state index contributed by atoms with van der Waals surface area (Å²) in [5.74, 6) is -5.04. The van der Waals surface area contributed by atoms with Gasteiger partial charge >= 0.3 is 0 Å². The fourth-order valence-electron chi connectivity index (χ4n) is 6.62. The maximum Gasteiger partial charge on any atom is 0.238 e. The number of nitrogens with zero attached hydrogens (tertiary/aromatic N) is 2. The van der Waals surface area contributed by atoms with Crippen molar-refractivity contribution in [3.05, 3.63) is 71.8 Å². The zero-order valence-corrected chi connectivity index (χ0v) is 19.5. The van der Waals surface area contributed by atoms with E-state index < -0.39 is 35.5 Å². The lowest BCUT2D eigenvalue weighted by molar-refractivity contribution is -0.137. The predicted molar refractivity (Wildman–Crippen MR) is 130 cm³/mol.